The lowest BCUT2D eigenvalue weighted by atomic mass is 10.1. The zero-order valence-electron chi connectivity index (χ0n) is 17.8. The Balaban J connectivity index is 1.53. The molecule has 2 heterocycles. The molecule has 0 aliphatic heterocycles. The quantitative estimate of drug-likeness (QED) is 0.408. The summed E-state index contributed by atoms with van der Waals surface area (Å²) in [4.78, 5) is 29.4. The fourth-order valence-electron chi connectivity index (χ4n) is 3.24. The minimum atomic E-state index is -0.429. The molecule has 0 unspecified atom stereocenters. The van der Waals surface area contributed by atoms with E-state index in [1.807, 2.05) is 37.3 Å². The summed E-state index contributed by atoms with van der Waals surface area (Å²) in [5, 5.41) is 3.49. The van der Waals surface area contributed by atoms with E-state index in [9.17, 15) is 9.59 Å². The highest BCUT2D eigenvalue weighted by Crippen LogP contribution is 2.26. The van der Waals surface area contributed by atoms with E-state index in [0.717, 1.165) is 5.69 Å². The maximum atomic E-state index is 12.8. The second-order valence-corrected chi connectivity index (χ2v) is 7.09. The highest BCUT2D eigenvalue weighted by atomic mass is 16.5. The second-order valence-electron chi connectivity index (χ2n) is 7.09. The number of nitrogens with one attached hydrogen (secondary N) is 1. The molecule has 0 aliphatic carbocycles. The molecule has 0 aliphatic rings. The first-order valence-corrected chi connectivity index (χ1v) is 10.2. The van der Waals surface area contributed by atoms with Gasteiger partial charge in [0.2, 0.25) is 0 Å². The SMILES string of the molecule is CCOC(=O)c1ccc2nc(C)cc(NC(=O)c3ccc(COc4ccccc4)o3)c2c1. The molecular weight excluding hydrogens is 408 g/mol. The molecule has 0 fully saturated rings. The van der Waals surface area contributed by atoms with E-state index in [2.05, 4.69) is 10.3 Å². The van der Waals surface area contributed by atoms with Gasteiger partial charge in [0.1, 0.15) is 18.1 Å². The third-order valence-corrected chi connectivity index (χ3v) is 4.71. The molecule has 2 aromatic heterocycles. The summed E-state index contributed by atoms with van der Waals surface area (Å²) in [6, 6.07) is 19.5. The lowest BCUT2D eigenvalue weighted by Crippen LogP contribution is -2.12. The number of benzene rings is 2. The molecule has 7 nitrogen and oxygen atoms in total. The van der Waals surface area contributed by atoms with Gasteiger partial charge in [-0.25, -0.2) is 4.79 Å². The zero-order valence-corrected chi connectivity index (χ0v) is 17.8. The number of anilines is 1. The van der Waals surface area contributed by atoms with Crippen LogP contribution in [0.25, 0.3) is 10.9 Å². The van der Waals surface area contributed by atoms with E-state index in [0.29, 0.717) is 33.7 Å². The van der Waals surface area contributed by atoms with Crippen LogP contribution >= 0.6 is 0 Å². The molecule has 1 amide bonds. The fraction of sp³-hybridized carbons (Fsp3) is 0.160. The van der Waals surface area contributed by atoms with Crippen LogP contribution in [-0.2, 0) is 11.3 Å². The van der Waals surface area contributed by atoms with Crippen LogP contribution in [0, 0.1) is 6.92 Å². The summed E-state index contributed by atoms with van der Waals surface area (Å²) in [6.45, 7) is 4.07. The first-order valence-electron chi connectivity index (χ1n) is 10.2. The number of aromatic nitrogens is 1. The average molecular weight is 430 g/mol. The van der Waals surface area contributed by atoms with Crippen LogP contribution in [0.1, 0.15) is 39.3 Å². The Morgan fingerprint density at radius 3 is 2.62 bits per heavy atom. The molecule has 0 spiro atoms. The number of furan rings is 1. The van der Waals surface area contributed by atoms with Crippen LogP contribution in [0.15, 0.2) is 71.1 Å². The van der Waals surface area contributed by atoms with Crippen molar-refractivity contribution in [2.45, 2.75) is 20.5 Å². The highest BCUT2D eigenvalue weighted by Gasteiger charge is 2.16. The Bertz CT molecular complexity index is 1260. The maximum absolute atomic E-state index is 12.8. The van der Waals surface area contributed by atoms with Gasteiger partial charge in [-0.2, -0.15) is 0 Å². The molecule has 7 heteroatoms. The number of amides is 1. The van der Waals surface area contributed by atoms with Crippen molar-refractivity contribution in [2.24, 2.45) is 0 Å². The van der Waals surface area contributed by atoms with E-state index < -0.39 is 11.9 Å². The number of carbonyl (C=O) groups excluding carboxylic acids is 2. The van der Waals surface area contributed by atoms with Crippen molar-refractivity contribution in [1.29, 1.82) is 0 Å². The predicted molar refractivity (Wildman–Crippen MR) is 120 cm³/mol. The molecule has 162 valence electrons. The van der Waals surface area contributed by atoms with Crippen LogP contribution in [-0.4, -0.2) is 23.5 Å². The van der Waals surface area contributed by atoms with Gasteiger partial charge in [-0.05, 0) is 62.4 Å². The number of esters is 1. The number of rotatable bonds is 7. The van der Waals surface area contributed by atoms with Crippen molar-refractivity contribution >= 4 is 28.5 Å². The summed E-state index contributed by atoms with van der Waals surface area (Å²) >= 11 is 0. The van der Waals surface area contributed by atoms with Gasteiger partial charge >= 0.3 is 5.97 Å². The lowest BCUT2D eigenvalue weighted by Gasteiger charge is -2.10. The van der Waals surface area contributed by atoms with Gasteiger partial charge in [-0.3, -0.25) is 9.78 Å². The molecule has 4 rings (SSSR count). The van der Waals surface area contributed by atoms with Crippen LogP contribution in [0.3, 0.4) is 0 Å². The van der Waals surface area contributed by atoms with E-state index in [4.69, 9.17) is 13.9 Å². The van der Waals surface area contributed by atoms with Gasteiger partial charge < -0.3 is 19.2 Å². The summed E-state index contributed by atoms with van der Waals surface area (Å²) < 4.78 is 16.4. The normalized spacial score (nSPS) is 10.7. The van der Waals surface area contributed by atoms with E-state index in [1.54, 1.807) is 43.3 Å². The first-order chi connectivity index (χ1) is 15.5. The number of carbonyl (C=O) groups is 2. The number of aryl methyl sites for hydroxylation is 1. The van der Waals surface area contributed by atoms with Crippen molar-refractivity contribution in [2.75, 3.05) is 11.9 Å². The van der Waals surface area contributed by atoms with Gasteiger partial charge in [0.15, 0.2) is 5.76 Å². The van der Waals surface area contributed by atoms with Crippen LogP contribution in [0.2, 0.25) is 0 Å². The third-order valence-electron chi connectivity index (χ3n) is 4.71. The zero-order chi connectivity index (χ0) is 22.5. The lowest BCUT2D eigenvalue weighted by molar-refractivity contribution is 0.0526. The number of ether oxygens (including phenoxy) is 2. The third kappa shape index (κ3) is 4.78. The fourth-order valence-corrected chi connectivity index (χ4v) is 3.24. The highest BCUT2D eigenvalue weighted by molar-refractivity contribution is 6.08. The summed E-state index contributed by atoms with van der Waals surface area (Å²) in [5.41, 5.74) is 2.30. The van der Waals surface area contributed by atoms with Crippen molar-refractivity contribution in [3.63, 3.8) is 0 Å². The number of pyridine rings is 1. The molecule has 0 saturated heterocycles. The monoisotopic (exact) mass is 430 g/mol. The van der Waals surface area contributed by atoms with Gasteiger partial charge in [-0.15, -0.1) is 0 Å². The first kappa shape index (κ1) is 21.1. The summed E-state index contributed by atoms with van der Waals surface area (Å²) in [5.74, 6) is 0.553. The van der Waals surface area contributed by atoms with Crippen LogP contribution in [0.5, 0.6) is 5.75 Å². The molecule has 1 N–H and O–H groups in total. The number of hydrogen-bond acceptors (Lipinski definition) is 6. The van der Waals surface area contributed by atoms with Gasteiger partial charge in [0, 0.05) is 11.1 Å². The minimum absolute atomic E-state index is 0.154. The van der Waals surface area contributed by atoms with Crippen molar-refractivity contribution in [1.82, 2.24) is 4.98 Å². The van der Waals surface area contributed by atoms with Crippen molar-refractivity contribution in [3.8, 4) is 5.75 Å². The number of nitrogens with zero attached hydrogens (tertiary/aromatic N) is 1. The summed E-state index contributed by atoms with van der Waals surface area (Å²) in [7, 11) is 0. The number of hydrogen-bond donors (Lipinski definition) is 1. The number of fused-ring (bicyclic) bond motifs is 1. The van der Waals surface area contributed by atoms with E-state index >= 15 is 0 Å². The molecule has 32 heavy (non-hydrogen) atoms. The largest absolute Gasteiger partial charge is 0.486 e. The van der Waals surface area contributed by atoms with Crippen molar-refractivity contribution < 1.29 is 23.5 Å². The molecule has 0 radical (unpaired) electrons. The topological polar surface area (TPSA) is 90.7 Å². The molecule has 4 aromatic rings. The standard InChI is InChI=1S/C25H22N2O5/c1-3-30-25(29)17-9-11-21-20(14-17)22(13-16(2)26-21)27-24(28)23-12-10-19(32-23)15-31-18-7-5-4-6-8-18/h4-14H,3,15H2,1-2H3,(H,26,27,28). The van der Waals surface area contributed by atoms with Gasteiger partial charge in [0.05, 0.1) is 23.4 Å². The van der Waals surface area contributed by atoms with Crippen LogP contribution < -0.4 is 10.1 Å². The Morgan fingerprint density at radius 2 is 1.84 bits per heavy atom. The van der Waals surface area contributed by atoms with E-state index in [1.165, 1.54) is 0 Å². The molecule has 0 saturated carbocycles. The average Bonchev–Trinajstić information content (AvgIpc) is 3.27. The summed E-state index contributed by atoms with van der Waals surface area (Å²) in [6.07, 6.45) is 0. The Labute approximate surface area is 185 Å². The minimum Gasteiger partial charge on any atom is -0.486 e. The van der Waals surface area contributed by atoms with Crippen LogP contribution in [0.4, 0.5) is 5.69 Å². The number of para-hydroxylation sites is 1. The van der Waals surface area contributed by atoms with E-state index in [-0.39, 0.29) is 19.0 Å². The predicted octanol–water partition coefficient (Wildman–Crippen LogP) is 5.14. The molecule has 0 bridgehead atoms. The Kier molecular flexibility index (Phi) is 6.17. The molecule has 2 aromatic carbocycles. The molecule has 0 atom stereocenters. The van der Waals surface area contributed by atoms with Gasteiger partial charge in [0.25, 0.3) is 5.91 Å². The second kappa shape index (κ2) is 9.34. The van der Waals surface area contributed by atoms with Gasteiger partial charge in [-0.1, -0.05) is 18.2 Å². The Hall–Kier alpha value is -4.13. The van der Waals surface area contributed by atoms with Crippen molar-refractivity contribution in [3.05, 3.63) is 89.5 Å². The maximum Gasteiger partial charge on any atom is 0.338 e. The Morgan fingerprint density at radius 1 is 1.03 bits per heavy atom. The smallest absolute Gasteiger partial charge is 0.338 e. The molecular formula is C25H22N2O5.